The molecular weight excluding hydrogens is 276 g/mol. The Bertz CT molecular complexity index is 584. The van der Waals surface area contributed by atoms with Crippen LogP contribution in [0.5, 0.6) is 0 Å². The third kappa shape index (κ3) is 4.30. The molecule has 110 valence electrons. The normalized spacial score (nSPS) is 14.8. The van der Waals surface area contributed by atoms with Crippen molar-refractivity contribution in [3.8, 4) is 6.07 Å². The Hall–Kier alpha value is -1.42. The average Bonchev–Trinajstić information content (AvgIpc) is 2.38. The minimum Gasteiger partial charge on any atom is -0.389 e. The highest BCUT2D eigenvalue weighted by molar-refractivity contribution is 7.89. The Morgan fingerprint density at radius 1 is 1.35 bits per heavy atom. The number of sulfonamides is 1. The molecule has 0 amide bonds. The van der Waals surface area contributed by atoms with Gasteiger partial charge in [0.25, 0.3) is 0 Å². The predicted molar refractivity (Wildman–Crippen MR) is 76.4 cm³/mol. The molecule has 1 rings (SSSR count). The van der Waals surface area contributed by atoms with Crippen molar-refractivity contribution in [3.05, 3.63) is 29.8 Å². The van der Waals surface area contributed by atoms with Gasteiger partial charge in [-0.2, -0.15) is 5.26 Å². The molecule has 6 heteroatoms. The second-order valence-corrected chi connectivity index (χ2v) is 7.08. The molecule has 0 aromatic heterocycles. The molecule has 0 spiro atoms. The molecule has 1 aromatic carbocycles. The summed E-state index contributed by atoms with van der Waals surface area (Å²) >= 11 is 0. The zero-order chi connectivity index (χ0) is 15.4. The SMILES string of the molecule is CC(C)C(C)(O)CNS(=O)(=O)c1ccc(CC#N)cc1. The van der Waals surface area contributed by atoms with Gasteiger partial charge in [-0.3, -0.25) is 0 Å². The van der Waals surface area contributed by atoms with Gasteiger partial charge in [0.1, 0.15) is 0 Å². The van der Waals surface area contributed by atoms with E-state index in [2.05, 4.69) is 4.72 Å². The van der Waals surface area contributed by atoms with Crippen molar-refractivity contribution in [1.82, 2.24) is 4.72 Å². The van der Waals surface area contributed by atoms with Crippen LogP contribution in [0.3, 0.4) is 0 Å². The molecule has 2 N–H and O–H groups in total. The molecule has 0 aliphatic carbocycles. The van der Waals surface area contributed by atoms with Crippen LogP contribution in [-0.4, -0.2) is 25.7 Å². The van der Waals surface area contributed by atoms with Crippen molar-refractivity contribution >= 4 is 10.0 Å². The molecule has 20 heavy (non-hydrogen) atoms. The van der Waals surface area contributed by atoms with E-state index in [1.165, 1.54) is 12.1 Å². The highest BCUT2D eigenvalue weighted by Crippen LogP contribution is 2.16. The van der Waals surface area contributed by atoms with E-state index in [9.17, 15) is 13.5 Å². The second-order valence-electron chi connectivity index (χ2n) is 5.32. The van der Waals surface area contributed by atoms with E-state index in [1.807, 2.05) is 19.9 Å². The fraction of sp³-hybridized carbons (Fsp3) is 0.500. The van der Waals surface area contributed by atoms with Gasteiger partial charge in [-0.25, -0.2) is 13.1 Å². The molecule has 1 unspecified atom stereocenters. The quantitative estimate of drug-likeness (QED) is 0.831. The van der Waals surface area contributed by atoms with Gasteiger partial charge < -0.3 is 5.11 Å². The van der Waals surface area contributed by atoms with Crippen LogP contribution >= 0.6 is 0 Å². The molecule has 0 aliphatic rings. The van der Waals surface area contributed by atoms with Crippen molar-refractivity contribution in [3.63, 3.8) is 0 Å². The van der Waals surface area contributed by atoms with Crippen LogP contribution in [0, 0.1) is 17.2 Å². The molecule has 0 radical (unpaired) electrons. The zero-order valence-electron chi connectivity index (χ0n) is 11.9. The number of nitrogens with zero attached hydrogens (tertiary/aromatic N) is 1. The highest BCUT2D eigenvalue weighted by atomic mass is 32.2. The van der Waals surface area contributed by atoms with Crippen LogP contribution in [0.1, 0.15) is 26.3 Å². The van der Waals surface area contributed by atoms with Gasteiger partial charge in [0, 0.05) is 6.54 Å². The predicted octanol–water partition coefficient (Wildman–Crippen LogP) is 1.44. The van der Waals surface area contributed by atoms with Crippen LogP contribution in [-0.2, 0) is 16.4 Å². The van der Waals surface area contributed by atoms with Crippen LogP contribution in [0.4, 0.5) is 0 Å². The third-order valence-corrected chi connectivity index (χ3v) is 4.80. The first kappa shape index (κ1) is 16.6. The smallest absolute Gasteiger partial charge is 0.240 e. The minimum absolute atomic E-state index is 0.0487. The standard InChI is InChI=1S/C14H20N2O3S/c1-11(2)14(3,17)10-16-20(18,19)13-6-4-12(5-7-13)8-9-15/h4-7,11,16-17H,8,10H2,1-3H3. The Labute approximate surface area is 120 Å². The Balaban J connectivity index is 2.82. The fourth-order valence-corrected chi connectivity index (χ4v) is 2.55. The lowest BCUT2D eigenvalue weighted by molar-refractivity contribution is 0.0190. The Kier molecular flexibility index (Phi) is 5.28. The summed E-state index contributed by atoms with van der Waals surface area (Å²) in [6, 6.07) is 8.14. The largest absolute Gasteiger partial charge is 0.389 e. The monoisotopic (exact) mass is 296 g/mol. The second kappa shape index (κ2) is 6.35. The lowest BCUT2D eigenvalue weighted by atomic mass is 9.93. The topological polar surface area (TPSA) is 90.2 Å². The van der Waals surface area contributed by atoms with E-state index in [4.69, 9.17) is 5.26 Å². The summed E-state index contributed by atoms with van der Waals surface area (Å²) in [6.07, 6.45) is 0.246. The van der Waals surface area contributed by atoms with Crippen molar-refractivity contribution in [2.75, 3.05) is 6.54 Å². The average molecular weight is 296 g/mol. The number of hydrogen-bond donors (Lipinski definition) is 2. The summed E-state index contributed by atoms with van der Waals surface area (Å²) in [7, 11) is -3.65. The van der Waals surface area contributed by atoms with Gasteiger partial charge in [0.15, 0.2) is 0 Å². The van der Waals surface area contributed by atoms with Crippen molar-refractivity contribution in [2.24, 2.45) is 5.92 Å². The maximum atomic E-state index is 12.1. The number of rotatable bonds is 6. The van der Waals surface area contributed by atoms with E-state index in [-0.39, 0.29) is 23.8 Å². The molecular formula is C14H20N2O3S. The lowest BCUT2D eigenvalue weighted by Gasteiger charge is -2.27. The van der Waals surface area contributed by atoms with Crippen molar-refractivity contribution in [1.29, 1.82) is 5.26 Å². The zero-order valence-corrected chi connectivity index (χ0v) is 12.7. The van der Waals surface area contributed by atoms with E-state index >= 15 is 0 Å². The van der Waals surface area contributed by atoms with Gasteiger partial charge in [-0.05, 0) is 30.5 Å². The maximum Gasteiger partial charge on any atom is 0.240 e. The molecule has 1 atom stereocenters. The molecule has 0 aliphatic heterocycles. The van der Waals surface area contributed by atoms with E-state index in [0.29, 0.717) is 0 Å². The van der Waals surface area contributed by atoms with Crippen molar-refractivity contribution < 1.29 is 13.5 Å². The first-order chi connectivity index (χ1) is 9.19. The van der Waals surface area contributed by atoms with Crippen LogP contribution < -0.4 is 4.72 Å². The summed E-state index contributed by atoms with van der Waals surface area (Å²) in [5.41, 5.74) is -0.339. The van der Waals surface area contributed by atoms with Crippen LogP contribution in [0.15, 0.2) is 29.2 Å². The van der Waals surface area contributed by atoms with Crippen LogP contribution in [0.2, 0.25) is 0 Å². The number of aliphatic hydroxyl groups is 1. The van der Waals surface area contributed by atoms with E-state index in [1.54, 1.807) is 19.1 Å². The molecule has 5 nitrogen and oxygen atoms in total. The minimum atomic E-state index is -3.65. The van der Waals surface area contributed by atoms with Gasteiger partial charge in [0.2, 0.25) is 10.0 Å². The Morgan fingerprint density at radius 2 is 1.90 bits per heavy atom. The number of benzene rings is 1. The summed E-state index contributed by atoms with van der Waals surface area (Å²) in [4.78, 5) is 0.124. The summed E-state index contributed by atoms with van der Waals surface area (Å²) in [5.74, 6) is -0.0665. The molecule has 0 saturated carbocycles. The maximum absolute atomic E-state index is 12.1. The summed E-state index contributed by atoms with van der Waals surface area (Å²) in [5, 5.41) is 18.6. The Morgan fingerprint density at radius 3 is 2.35 bits per heavy atom. The van der Waals surface area contributed by atoms with Crippen LogP contribution in [0.25, 0.3) is 0 Å². The molecule has 0 heterocycles. The number of nitriles is 1. The lowest BCUT2D eigenvalue weighted by Crippen LogP contribution is -2.44. The van der Waals surface area contributed by atoms with Gasteiger partial charge in [-0.15, -0.1) is 0 Å². The molecule has 0 fully saturated rings. The molecule has 0 saturated heterocycles. The third-order valence-electron chi connectivity index (χ3n) is 3.38. The number of nitrogens with one attached hydrogen (secondary N) is 1. The number of hydrogen-bond acceptors (Lipinski definition) is 4. The summed E-state index contributed by atoms with van der Waals surface area (Å²) in [6.45, 7) is 5.19. The summed E-state index contributed by atoms with van der Waals surface area (Å²) < 4.78 is 26.6. The van der Waals surface area contributed by atoms with E-state index < -0.39 is 15.6 Å². The van der Waals surface area contributed by atoms with Gasteiger partial charge in [0.05, 0.1) is 23.0 Å². The van der Waals surface area contributed by atoms with Gasteiger partial charge in [-0.1, -0.05) is 26.0 Å². The highest BCUT2D eigenvalue weighted by Gasteiger charge is 2.27. The van der Waals surface area contributed by atoms with Crippen molar-refractivity contribution in [2.45, 2.75) is 37.7 Å². The van der Waals surface area contributed by atoms with E-state index in [0.717, 1.165) is 5.56 Å². The van der Waals surface area contributed by atoms with Gasteiger partial charge >= 0.3 is 0 Å². The fourth-order valence-electron chi connectivity index (χ4n) is 1.41. The molecule has 0 bridgehead atoms. The first-order valence-corrected chi connectivity index (χ1v) is 7.85. The first-order valence-electron chi connectivity index (χ1n) is 6.37. The molecule has 1 aromatic rings.